The maximum Gasteiger partial charge on any atom is 0.163 e. The van der Waals surface area contributed by atoms with E-state index >= 15 is 0 Å². The molecule has 2 heteroatoms. The lowest BCUT2D eigenvalue weighted by atomic mass is 9.84. The first-order chi connectivity index (χ1) is 7.77. The van der Waals surface area contributed by atoms with E-state index in [-0.39, 0.29) is 11.2 Å². The van der Waals surface area contributed by atoms with Crippen molar-refractivity contribution in [3.05, 3.63) is 35.9 Å². The molecule has 86 valence electrons. The summed E-state index contributed by atoms with van der Waals surface area (Å²) in [4.78, 5) is 12.0. The summed E-state index contributed by atoms with van der Waals surface area (Å²) in [6.07, 6.45) is 5.21. The topological polar surface area (TPSA) is 17.1 Å². The van der Waals surface area contributed by atoms with Gasteiger partial charge >= 0.3 is 0 Å². The van der Waals surface area contributed by atoms with Crippen LogP contribution in [0.25, 0.3) is 0 Å². The number of hydrogen-bond acceptors (Lipinski definition) is 1. The van der Waals surface area contributed by atoms with Crippen LogP contribution in [0.3, 0.4) is 0 Å². The summed E-state index contributed by atoms with van der Waals surface area (Å²) in [6, 6.07) is 9.52. The monoisotopic (exact) mass is 236 g/mol. The molecule has 16 heavy (non-hydrogen) atoms. The van der Waals surface area contributed by atoms with Crippen molar-refractivity contribution in [2.75, 3.05) is 0 Å². The summed E-state index contributed by atoms with van der Waals surface area (Å²) in [5.74, 6) is 0.612. The molecule has 1 fully saturated rings. The summed E-state index contributed by atoms with van der Waals surface area (Å²) in [5, 5.41) is 0.196. The summed E-state index contributed by atoms with van der Waals surface area (Å²) >= 11 is 6.26. The fourth-order valence-electron chi connectivity index (χ4n) is 2.37. The third-order valence-corrected chi connectivity index (χ3v) is 3.93. The lowest BCUT2D eigenvalue weighted by Crippen LogP contribution is -2.22. The molecule has 1 aromatic rings. The lowest BCUT2D eigenvalue weighted by molar-refractivity contribution is 0.0951. The van der Waals surface area contributed by atoms with Crippen molar-refractivity contribution < 1.29 is 4.79 Å². The van der Waals surface area contributed by atoms with Gasteiger partial charge in [-0.25, -0.2) is 0 Å². The molecule has 0 N–H and O–H groups in total. The predicted molar refractivity (Wildman–Crippen MR) is 67.0 cm³/mol. The highest BCUT2D eigenvalue weighted by atomic mass is 35.5. The van der Waals surface area contributed by atoms with Crippen LogP contribution >= 0.6 is 11.6 Å². The number of benzene rings is 1. The molecule has 0 amide bonds. The van der Waals surface area contributed by atoms with Gasteiger partial charge in [0.15, 0.2) is 5.78 Å². The second-order valence-electron chi connectivity index (χ2n) is 4.55. The molecule has 0 spiro atoms. The van der Waals surface area contributed by atoms with E-state index in [4.69, 9.17) is 11.6 Å². The Balaban J connectivity index is 1.96. The first-order valence-electron chi connectivity index (χ1n) is 5.99. The van der Waals surface area contributed by atoms with Gasteiger partial charge in [-0.2, -0.15) is 0 Å². The summed E-state index contributed by atoms with van der Waals surface area (Å²) in [7, 11) is 0. The summed E-state index contributed by atoms with van der Waals surface area (Å²) < 4.78 is 0. The van der Waals surface area contributed by atoms with Crippen molar-refractivity contribution in [2.24, 2.45) is 5.92 Å². The number of ketones is 1. The maximum atomic E-state index is 12.0. The first-order valence-corrected chi connectivity index (χ1v) is 6.43. The second-order valence-corrected chi connectivity index (χ2v) is 5.11. The fraction of sp³-hybridized carbons (Fsp3) is 0.500. The van der Waals surface area contributed by atoms with Gasteiger partial charge in [-0.1, -0.05) is 43.2 Å². The lowest BCUT2D eigenvalue weighted by Gasteiger charge is -2.26. The van der Waals surface area contributed by atoms with Crippen molar-refractivity contribution in [1.29, 1.82) is 0 Å². The van der Waals surface area contributed by atoms with Gasteiger partial charge in [-0.3, -0.25) is 4.79 Å². The standard InChI is InChI=1S/C14H17ClO/c15-13-9-5-4-8-12(13)10-14(16)11-6-2-1-3-7-11/h1-3,6-7,12-13H,4-5,8-10H2/t12-,13?/m1/s1. The largest absolute Gasteiger partial charge is 0.294 e. The molecule has 1 aromatic carbocycles. The minimum Gasteiger partial charge on any atom is -0.294 e. The van der Waals surface area contributed by atoms with Crippen LogP contribution in [0.15, 0.2) is 30.3 Å². The predicted octanol–water partition coefficient (Wildman–Crippen LogP) is 4.06. The summed E-state index contributed by atoms with van der Waals surface area (Å²) in [6.45, 7) is 0. The van der Waals surface area contributed by atoms with Crippen LogP contribution in [-0.2, 0) is 0 Å². The van der Waals surface area contributed by atoms with Gasteiger partial charge in [0.1, 0.15) is 0 Å². The van der Waals surface area contributed by atoms with Crippen molar-refractivity contribution >= 4 is 17.4 Å². The average molecular weight is 237 g/mol. The number of alkyl halides is 1. The minimum absolute atomic E-state index is 0.196. The molecular weight excluding hydrogens is 220 g/mol. The zero-order chi connectivity index (χ0) is 11.4. The van der Waals surface area contributed by atoms with Crippen LogP contribution in [0.1, 0.15) is 42.5 Å². The Labute approximate surface area is 102 Å². The second kappa shape index (κ2) is 5.49. The van der Waals surface area contributed by atoms with Gasteiger partial charge in [0.05, 0.1) is 0 Å². The Morgan fingerprint density at radius 3 is 2.56 bits per heavy atom. The number of carbonyl (C=O) groups excluding carboxylic acids is 1. The zero-order valence-electron chi connectivity index (χ0n) is 9.36. The van der Waals surface area contributed by atoms with Crippen molar-refractivity contribution in [1.82, 2.24) is 0 Å². The van der Waals surface area contributed by atoms with Crippen LogP contribution in [0.5, 0.6) is 0 Å². The van der Waals surface area contributed by atoms with E-state index in [2.05, 4.69) is 0 Å². The highest BCUT2D eigenvalue weighted by Crippen LogP contribution is 2.31. The third-order valence-electron chi connectivity index (χ3n) is 3.36. The minimum atomic E-state index is 0.196. The molecule has 0 heterocycles. The van der Waals surface area contributed by atoms with E-state index in [1.165, 1.54) is 12.8 Å². The van der Waals surface area contributed by atoms with Gasteiger partial charge in [-0.15, -0.1) is 11.6 Å². The molecule has 0 bridgehead atoms. The quantitative estimate of drug-likeness (QED) is 0.572. The van der Waals surface area contributed by atoms with Crippen molar-refractivity contribution in [3.63, 3.8) is 0 Å². The van der Waals surface area contributed by atoms with Gasteiger partial charge in [-0.05, 0) is 18.8 Å². The molecule has 0 aliphatic heterocycles. The third kappa shape index (κ3) is 2.85. The Morgan fingerprint density at radius 1 is 1.19 bits per heavy atom. The highest BCUT2D eigenvalue weighted by Gasteiger charge is 2.25. The number of carbonyl (C=O) groups is 1. The van der Waals surface area contributed by atoms with Crippen LogP contribution in [0.4, 0.5) is 0 Å². The smallest absolute Gasteiger partial charge is 0.163 e. The molecule has 1 aliphatic rings. The van der Waals surface area contributed by atoms with Crippen molar-refractivity contribution in [2.45, 2.75) is 37.5 Å². The van der Waals surface area contributed by atoms with Crippen LogP contribution in [0, 0.1) is 5.92 Å². The van der Waals surface area contributed by atoms with Gasteiger partial charge < -0.3 is 0 Å². The number of rotatable bonds is 3. The zero-order valence-corrected chi connectivity index (χ0v) is 10.1. The molecule has 1 saturated carbocycles. The van der Waals surface area contributed by atoms with Gasteiger partial charge in [0.2, 0.25) is 0 Å². The SMILES string of the molecule is O=C(C[C@H]1CCCCC1Cl)c1ccccc1. The normalized spacial score (nSPS) is 25.3. The molecule has 0 radical (unpaired) electrons. The molecule has 1 aliphatic carbocycles. The Kier molecular flexibility index (Phi) is 4.00. The Morgan fingerprint density at radius 2 is 1.88 bits per heavy atom. The molecular formula is C14H17ClO. The maximum absolute atomic E-state index is 12.0. The van der Waals surface area contributed by atoms with Gasteiger partial charge in [0, 0.05) is 17.4 Å². The fourth-order valence-corrected chi connectivity index (χ4v) is 2.74. The van der Waals surface area contributed by atoms with Crippen LogP contribution in [0.2, 0.25) is 0 Å². The molecule has 1 nitrogen and oxygen atoms in total. The molecule has 2 atom stereocenters. The Hall–Kier alpha value is -0.820. The van der Waals surface area contributed by atoms with E-state index in [9.17, 15) is 4.79 Å². The number of halogens is 1. The van der Waals surface area contributed by atoms with Crippen LogP contribution < -0.4 is 0 Å². The molecule has 1 unspecified atom stereocenters. The van der Waals surface area contributed by atoms with E-state index in [1.54, 1.807) is 0 Å². The number of Topliss-reactive ketones (excluding diaryl/α,β-unsaturated/α-hetero) is 1. The van der Waals surface area contributed by atoms with E-state index < -0.39 is 0 Å². The van der Waals surface area contributed by atoms with Gasteiger partial charge in [0.25, 0.3) is 0 Å². The summed E-state index contributed by atoms with van der Waals surface area (Å²) in [5.41, 5.74) is 0.817. The Bertz CT molecular complexity index is 347. The average Bonchev–Trinajstić information content (AvgIpc) is 2.33. The van der Waals surface area contributed by atoms with E-state index in [1.807, 2.05) is 30.3 Å². The first kappa shape index (κ1) is 11.7. The molecule has 2 rings (SSSR count). The molecule has 0 saturated heterocycles. The van der Waals surface area contributed by atoms with Crippen LogP contribution in [-0.4, -0.2) is 11.2 Å². The van der Waals surface area contributed by atoms with E-state index in [0.717, 1.165) is 18.4 Å². The molecule has 0 aromatic heterocycles. The van der Waals surface area contributed by atoms with Crippen molar-refractivity contribution in [3.8, 4) is 0 Å². The highest BCUT2D eigenvalue weighted by molar-refractivity contribution is 6.21. The number of hydrogen-bond donors (Lipinski definition) is 0. The van der Waals surface area contributed by atoms with E-state index in [0.29, 0.717) is 12.3 Å².